The Morgan fingerprint density at radius 3 is 1.40 bits per heavy atom. The Balaban J connectivity index is 0.974. The minimum Gasteiger partial charge on any atom is -0.456 e. The van der Waals surface area contributed by atoms with E-state index in [4.69, 9.17) is 14.4 Å². The first kappa shape index (κ1) is 36.0. The van der Waals surface area contributed by atoms with Crippen LogP contribution in [-0.2, 0) is 0 Å². The molecule has 0 fully saturated rings. The van der Waals surface area contributed by atoms with Crippen molar-refractivity contribution in [3.8, 4) is 67.3 Å². The van der Waals surface area contributed by atoms with E-state index in [2.05, 4.69) is 176 Å². The summed E-state index contributed by atoms with van der Waals surface area (Å²) in [7, 11) is 0. The minimum absolute atomic E-state index is 0.689. The number of aromatic nitrogens is 2. The first-order valence-electron chi connectivity index (χ1n) is 21.1. The molecule has 63 heavy (non-hydrogen) atoms. The Morgan fingerprint density at radius 1 is 0.270 bits per heavy atom. The highest BCUT2D eigenvalue weighted by Gasteiger charge is 2.16. The lowest BCUT2D eigenvalue weighted by Crippen LogP contribution is -1.96. The number of nitrogens with zero attached hydrogens (tertiary/aromatic N) is 2. The van der Waals surface area contributed by atoms with Crippen LogP contribution in [0.5, 0.6) is 0 Å². The molecule has 0 aliphatic heterocycles. The molecular formula is C58H34N2OS2. The van der Waals surface area contributed by atoms with E-state index in [1.54, 1.807) is 0 Å². The van der Waals surface area contributed by atoms with Crippen molar-refractivity contribution in [2.75, 3.05) is 0 Å². The van der Waals surface area contributed by atoms with E-state index in [0.29, 0.717) is 5.82 Å². The molecule has 0 amide bonds. The number of benzene rings is 9. The average molecular weight is 839 g/mol. The lowest BCUT2D eigenvalue weighted by atomic mass is 9.93. The predicted octanol–water partition coefficient (Wildman–Crippen LogP) is 17.1. The van der Waals surface area contributed by atoms with Crippen LogP contribution in [0, 0.1) is 0 Å². The zero-order chi connectivity index (χ0) is 41.4. The fraction of sp³-hybridized carbons (Fsp3) is 0. The van der Waals surface area contributed by atoms with Crippen LogP contribution >= 0.6 is 22.7 Å². The maximum Gasteiger partial charge on any atom is 0.160 e. The highest BCUT2D eigenvalue weighted by molar-refractivity contribution is 7.26. The van der Waals surface area contributed by atoms with Crippen molar-refractivity contribution in [2.24, 2.45) is 0 Å². The summed E-state index contributed by atoms with van der Waals surface area (Å²) in [6.07, 6.45) is 0. The summed E-state index contributed by atoms with van der Waals surface area (Å²) in [5.74, 6) is 0.689. The third kappa shape index (κ3) is 6.24. The van der Waals surface area contributed by atoms with Crippen molar-refractivity contribution >= 4 is 85.0 Å². The van der Waals surface area contributed by atoms with Gasteiger partial charge in [-0.1, -0.05) is 127 Å². The highest BCUT2D eigenvalue weighted by Crippen LogP contribution is 2.42. The Bertz CT molecular complexity index is 3780. The van der Waals surface area contributed by atoms with E-state index in [1.807, 2.05) is 53.0 Å². The zero-order valence-electron chi connectivity index (χ0n) is 33.7. The van der Waals surface area contributed by atoms with Gasteiger partial charge in [0.15, 0.2) is 5.82 Å². The van der Waals surface area contributed by atoms with Crippen LogP contribution < -0.4 is 0 Å². The summed E-state index contributed by atoms with van der Waals surface area (Å²) < 4.78 is 11.3. The molecular weight excluding hydrogens is 805 g/mol. The van der Waals surface area contributed by atoms with Crippen LogP contribution in [0.2, 0.25) is 0 Å². The quantitative estimate of drug-likeness (QED) is 0.167. The summed E-state index contributed by atoms with van der Waals surface area (Å²) in [5, 5.41) is 7.39. The molecule has 4 aromatic heterocycles. The molecule has 0 N–H and O–H groups in total. The van der Waals surface area contributed by atoms with E-state index in [1.165, 1.54) is 51.5 Å². The monoisotopic (exact) mass is 838 g/mol. The number of hydrogen-bond acceptors (Lipinski definition) is 5. The predicted molar refractivity (Wildman–Crippen MR) is 268 cm³/mol. The van der Waals surface area contributed by atoms with Crippen molar-refractivity contribution in [1.82, 2.24) is 9.97 Å². The van der Waals surface area contributed by atoms with Gasteiger partial charge in [0.2, 0.25) is 0 Å². The molecule has 0 aliphatic carbocycles. The molecule has 5 heteroatoms. The number of rotatable bonds is 6. The van der Waals surface area contributed by atoms with Gasteiger partial charge in [0.1, 0.15) is 11.2 Å². The summed E-state index contributed by atoms with van der Waals surface area (Å²) in [6, 6.07) is 74.1. The molecule has 3 nitrogen and oxygen atoms in total. The van der Waals surface area contributed by atoms with Crippen LogP contribution in [0.15, 0.2) is 211 Å². The van der Waals surface area contributed by atoms with Crippen LogP contribution in [0.25, 0.3) is 130 Å². The minimum atomic E-state index is 0.689. The fourth-order valence-corrected chi connectivity index (χ4v) is 11.3. The Morgan fingerprint density at radius 2 is 0.730 bits per heavy atom. The highest BCUT2D eigenvalue weighted by atomic mass is 32.1. The lowest BCUT2D eigenvalue weighted by molar-refractivity contribution is 0.669. The van der Waals surface area contributed by atoms with Crippen LogP contribution in [0.4, 0.5) is 0 Å². The van der Waals surface area contributed by atoms with E-state index in [-0.39, 0.29) is 0 Å². The van der Waals surface area contributed by atoms with Crippen LogP contribution in [0.3, 0.4) is 0 Å². The van der Waals surface area contributed by atoms with Gasteiger partial charge in [0.25, 0.3) is 0 Å². The Labute approximate surface area is 370 Å². The summed E-state index contributed by atoms with van der Waals surface area (Å²) in [6.45, 7) is 0. The number of para-hydroxylation sites is 1. The third-order valence-corrected chi connectivity index (χ3v) is 14.6. The molecule has 0 atom stereocenters. The summed E-state index contributed by atoms with van der Waals surface area (Å²) in [5.41, 5.74) is 13.5. The van der Waals surface area contributed by atoms with Gasteiger partial charge in [-0.2, -0.15) is 0 Å². The first-order valence-corrected chi connectivity index (χ1v) is 22.7. The second-order valence-electron chi connectivity index (χ2n) is 16.1. The van der Waals surface area contributed by atoms with E-state index >= 15 is 0 Å². The van der Waals surface area contributed by atoms with Crippen LogP contribution in [-0.4, -0.2) is 9.97 Å². The molecule has 0 radical (unpaired) electrons. The Hall–Kier alpha value is -7.70. The van der Waals surface area contributed by atoms with E-state index in [0.717, 1.165) is 72.3 Å². The second-order valence-corrected chi connectivity index (χ2v) is 18.3. The number of hydrogen-bond donors (Lipinski definition) is 0. The molecule has 0 saturated carbocycles. The van der Waals surface area contributed by atoms with Gasteiger partial charge < -0.3 is 4.42 Å². The van der Waals surface area contributed by atoms with Gasteiger partial charge in [-0.15, -0.1) is 22.7 Å². The standard InChI is InChI=1S/C58H34N2OS2/c1-2-10-37(11-3-1)58-59-50(36-20-18-35(19-21-36)38-22-25-53-47(31-38)44-12-4-7-15-52(44)61-53)34-51(60-58)43-29-41(39-23-26-56-48(32-39)45-13-5-8-16-54(45)62-56)28-42(30-43)40-24-27-57-49(33-40)46-14-6-9-17-55(46)63-57/h1-34H. The van der Waals surface area contributed by atoms with Gasteiger partial charge in [-0.25, -0.2) is 9.97 Å². The first-order chi connectivity index (χ1) is 31.1. The molecule has 13 aromatic rings. The summed E-state index contributed by atoms with van der Waals surface area (Å²) in [4.78, 5) is 10.6. The third-order valence-electron chi connectivity index (χ3n) is 12.3. The number of thiophene rings is 2. The van der Waals surface area contributed by atoms with Gasteiger partial charge in [-0.3, -0.25) is 0 Å². The van der Waals surface area contributed by atoms with Crippen molar-refractivity contribution in [1.29, 1.82) is 0 Å². The van der Waals surface area contributed by atoms with E-state index < -0.39 is 0 Å². The van der Waals surface area contributed by atoms with Gasteiger partial charge >= 0.3 is 0 Å². The smallest absolute Gasteiger partial charge is 0.160 e. The van der Waals surface area contributed by atoms with Crippen molar-refractivity contribution in [2.45, 2.75) is 0 Å². The normalized spacial score (nSPS) is 11.8. The van der Waals surface area contributed by atoms with Gasteiger partial charge in [0, 0.05) is 67.8 Å². The molecule has 0 unspecified atom stereocenters. The fourth-order valence-electron chi connectivity index (χ4n) is 9.12. The zero-order valence-corrected chi connectivity index (χ0v) is 35.4. The molecule has 13 rings (SSSR count). The molecule has 0 bridgehead atoms. The molecule has 0 aliphatic rings. The molecule has 9 aromatic carbocycles. The number of furan rings is 1. The molecule has 0 spiro atoms. The molecule has 0 saturated heterocycles. The maximum absolute atomic E-state index is 6.13. The van der Waals surface area contributed by atoms with Crippen molar-refractivity contribution < 1.29 is 4.42 Å². The van der Waals surface area contributed by atoms with Gasteiger partial charge in [0.05, 0.1) is 11.4 Å². The maximum atomic E-state index is 6.13. The van der Waals surface area contributed by atoms with Gasteiger partial charge in [-0.05, 0) is 112 Å². The summed E-state index contributed by atoms with van der Waals surface area (Å²) >= 11 is 3.70. The molecule has 4 heterocycles. The van der Waals surface area contributed by atoms with E-state index in [9.17, 15) is 0 Å². The number of fused-ring (bicyclic) bond motifs is 9. The SMILES string of the molecule is c1ccc(-c2nc(-c3ccc(-c4ccc5oc6ccccc6c5c4)cc3)cc(-c3cc(-c4ccc5sc6ccccc6c5c4)cc(-c4ccc5sc6ccccc6c5c4)c3)n2)cc1. The van der Waals surface area contributed by atoms with Crippen LogP contribution in [0.1, 0.15) is 0 Å². The largest absolute Gasteiger partial charge is 0.456 e. The Kier molecular flexibility index (Phi) is 8.26. The second kappa shape index (κ2) is 14.5. The van der Waals surface area contributed by atoms with Crippen molar-refractivity contribution in [3.63, 3.8) is 0 Å². The molecule has 294 valence electrons. The van der Waals surface area contributed by atoms with Crippen molar-refractivity contribution in [3.05, 3.63) is 206 Å². The lowest BCUT2D eigenvalue weighted by Gasteiger charge is -2.14. The topological polar surface area (TPSA) is 38.9 Å². The average Bonchev–Trinajstić information content (AvgIpc) is 4.04.